The molecular weight excluding hydrogens is 238 g/mol. The molecule has 2 amide bonds. The van der Waals surface area contributed by atoms with Crippen LogP contribution in [-0.4, -0.2) is 29.9 Å². The maximum absolute atomic E-state index is 11.8. The van der Waals surface area contributed by atoms with E-state index < -0.39 is 5.41 Å². The quantitative estimate of drug-likeness (QED) is 0.449. The Balaban J connectivity index is 1.63. The second kappa shape index (κ2) is 4.60. The lowest BCUT2D eigenvalue weighted by Crippen LogP contribution is -2.42. The molecule has 0 atom stereocenters. The number of rotatable bonds is 6. The van der Waals surface area contributed by atoms with Crippen LogP contribution in [-0.2, 0) is 9.59 Å². The Morgan fingerprint density at radius 1 is 1.24 bits per heavy atom. The molecule has 0 radical (unpaired) electrons. The molecule has 0 bridgehead atoms. The van der Waals surface area contributed by atoms with Gasteiger partial charge in [0, 0.05) is 19.0 Å². The van der Waals surface area contributed by atoms with E-state index in [1.807, 2.05) is 0 Å². The van der Waals surface area contributed by atoms with E-state index in [1.165, 1.54) is 0 Å². The number of carbonyl (C=O) groups excluding carboxylic acids is 2. The first-order valence-electron chi connectivity index (χ1n) is 5.92. The van der Waals surface area contributed by atoms with E-state index in [0.717, 1.165) is 25.7 Å². The van der Waals surface area contributed by atoms with Gasteiger partial charge in [-0.1, -0.05) is 12.2 Å². The van der Waals surface area contributed by atoms with E-state index >= 15 is 0 Å². The summed E-state index contributed by atoms with van der Waals surface area (Å²) in [5.41, 5.74) is 4.93. The van der Waals surface area contributed by atoms with Crippen LogP contribution in [0, 0.1) is 11.3 Å². The average Bonchev–Trinajstić information content (AvgIpc) is 3.17. The second-order valence-electron chi connectivity index (χ2n) is 4.77. The summed E-state index contributed by atoms with van der Waals surface area (Å²) >= 11 is 4.88. The van der Waals surface area contributed by atoms with Gasteiger partial charge in [0.25, 0.3) is 0 Å². The highest BCUT2D eigenvalue weighted by atomic mass is 32.1. The van der Waals surface area contributed by atoms with Crippen molar-refractivity contribution in [2.24, 2.45) is 17.1 Å². The van der Waals surface area contributed by atoms with Gasteiger partial charge in [0.05, 0.1) is 10.4 Å². The van der Waals surface area contributed by atoms with Gasteiger partial charge >= 0.3 is 0 Å². The number of thiocarbonyl (C=S) groups is 1. The van der Waals surface area contributed by atoms with E-state index in [0.29, 0.717) is 13.1 Å². The number of nitrogens with one attached hydrogen (secondary N) is 2. The van der Waals surface area contributed by atoms with Crippen LogP contribution in [0.4, 0.5) is 0 Å². The predicted molar refractivity (Wildman–Crippen MR) is 67.2 cm³/mol. The monoisotopic (exact) mass is 255 g/mol. The minimum absolute atomic E-state index is 0.0923. The number of amides is 2. The summed E-state index contributed by atoms with van der Waals surface area (Å²) in [7, 11) is 0. The number of hydrogen-bond acceptors (Lipinski definition) is 3. The first kappa shape index (κ1) is 12.3. The minimum Gasteiger partial charge on any atom is -0.392 e. The molecule has 0 aromatic heterocycles. The van der Waals surface area contributed by atoms with Crippen LogP contribution >= 0.6 is 12.2 Å². The van der Waals surface area contributed by atoms with Crippen molar-refractivity contribution < 1.29 is 9.59 Å². The summed E-state index contributed by atoms with van der Waals surface area (Å²) in [5, 5.41) is 5.54. The summed E-state index contributed by atoms with van der Waals surface area (Å²) in [4.78, 5) is 23.3. The molecule has 0 aromatic rings. The zero-order valence-corrected chi connectivity index (χ0v) is 10.4. The van der Waals surface area contributed by atoms with Gasteiger partial charge in [-0.05, 0) is 25.7 Å². The molecule has 94 valence electrons. The zero-order valence-electron chi connectivity index (χ0n) is 9.62. The Bertz CT molecular complexity index is 362. The van der Waals surface area contributed by atoms with Gasteiger partial charge in [-0.15, -0.1) is 0 Å². The molecule has 17 heavy (non-hydrogen) atoms. The largest absolute Gasteiger partial charge is 0.392 e. The average molecular weight is 255 g/mol. The smallest absolute Gasteiger partial charge is 0.233 e. The van der Waals surface area contributed by atoms with Crippen molar-refractivity contribution >= 4 is 29.0 Å². The van der Waals surface area contributed by atoms with E-state index in [1.54, 1.807) is 0 Å². The molecular formula is C11H17N3O2S. The molecule has 0 saturated heterocycles. The SMILES string of the molecule is NC(=S)C1(C(=O)NCCNC(=O)C2CC2)CC1. The Kier molecular flexibility index (Phi) is 3.33. The lowest BCUT2D eigenvalue weighted by molar-refractivity contribution is -0.125. The Labute approximate surface area is 105 Å². The standard InChI is InChI=1S/C11H17N3O2S/c12-9(17)11(3-4-11)10(16)14-6-5-13-8(15)7-1-2-7/h7H,1-6H2,(H2,12,17)(H,13,15)(H,14,16). The van der Waals surface area contributed by atoms with E-state index in [4.69, 9.17) is 18.0 Å². The lowest BCUT2D eigenvalue weighted by atomic mass is 10.1. The number of hydrogen-bond donors (Lipinski definition) is 3. The van der Waals surface area contributed by atoms with E-state index in [9.17, 15) is 9.59 Å². The van der Waals surface area contributed by atoms with Gasteiger partial charge in [-0.25, -0.2) is 0 Å². The maximum atomic E-state index is 11.8. The Hall–Kier alpha value is -1.17. The first-order valence-corrected chi connectivity index (χ1v) is 6.33. The molecule has 6 heteroatoms. The van der Waals surface area contributed by atoms with Crippen LogP contribution < -0.4 is 16.4 Å². The summed E-state index contributed by atoms with van der Waals surface area (Å²) in [6, 6.07) is 0. The van der Waals surface area contributed by atoms with Crippen LogP contribution in [0.15, 0.2) is 0 Å². The highest BCUT2D eigenvalue weighted by Gasteiger charge is 2.52. The molecule has 0 unspecified atom stereocenters. The van der Waals surface area contributed by atoms with Gasteiger partial charge in [-0.3, -0.25) is 9.59 Å². The van der Waals surface area contributed by atoms with Crippen molar-refractivity contribution in [1.29, 1.82) is 0 Å². The van der Waals surface area contributed by atoms with Crippen molar-refractivity contribution in [3.63, 3.8) is 0 Å². The third kappa shape index (κ3) is 2.74. The van der Waals surface area contributed by atoms with Gasteiger partial charge in [0.15, 0.2) is 0 Å². The minimum atomic E-state index is -0.601. The second-order valence-corrected chi connectivity index (χ2v) is 5.21. The summed E-state index contributed by atoms with van der Waals surface area (Å²) in [6.07, 6.45) is 3.46. The lowest BCUT2D eigenvalue weighted by Gasteiger charge is -2.13. The molecule has 2 rings (SSSR count). The van der Waals surface area contributed by atoms with Crippen molar-refractivity contribution in [2.75, 3.05) is 13.1 Å². The van der Waals surface area contributed by atoms with Crippen LogP contribution in [0.1, 0.15) is 25.7 Å². The summed E-state index contributed by atoms with van der Waals surface area (Å²) < 4.78 is 0. The van der Waals surface area contributed by atoms with Crippen molar-refractivity contribution in [3.8, 4) is 0 Å². The highest BCUT2D eigenvalue weighted by molar-refractivity contribution is 7.80. The molecule has 0 heterocycles. The third-order valence-corrected chi connectivity index (χ3v) is 3.70. The van der Waals surface area contributed by atoms with Crippen molar-refractivity contribution in [2.45, 2.75) is 25.7 Å². The number of nitrogens with two attached hydrogens (primary N) is 1. The van der Waals surface area contributed by atoms with Crippen LogP contribution in [0.2, 0.25) is 0 Å². The fourth-order valence-electron chi connectivity index (χ4n) is 1.73. The molecule has 4 N–H and O–H groups in total. The third-order valence-electron chi connectivity index (χ3n) is 3.31. The maximum Gasteiger partial charge on any atom is 0.233 e. The Morgan fingerprint density at radius 3 is 2.29 bits per heavy atom. The predicted octanol–water partition coefficient (Wildman–Crippen LogP) is -0.305. The molecule has 5 nitrogen and oxygen atoms in total. The van der Waals surface area contributed by atoms with E-state index in [-0.39, 0.29) is 22.7 Å². The summed E-state index contributed by atoms with van der Waals surface area (Å²) in [5.74, 6) is 0.192. The van der Waals surface area contributed by atoms with Gasteiger partial charge < -0.3 is 16.4 Å². The van der Waals surface area contributed by atoms with Gasteiger partial charge in [0.2, 0.25) is 11.8 Å². The van der Waals surface area contributed by atoms with Gasteiger partial charge in [0.1, 0.15) is 0 Å². The number of carbonyl (C=O) groups is 2. The Morgan fingerprint density at radius 2 is 1.82 bits per heavy atom. The van der Waals surface area contributed by atoms with E-state index in [2.05, 4.69) is 10.6 Å². The summed E-state index contributed by atoms with van der Waals surface area (Å²) in [6.45, 7) is 0.899. The fourth-order valence-corrected chi connectivity index (χ4v) is 2.03. The van der Waals surface area contributed by atoms with Crippen LogP contribution in [0.3, 0.4) is 0 Å². The molecule has 0 aliphatic heterocycles. The molecule has 2 aliphatic rings. The normalized spacial score (nSPS) is 20.5. The van der Waals surface area contributed by atoms with Crippen LogP contribution in [0.25, 0.3) is 0 Å². The highest BCUT2D eigenvalue weighted by Crippen LogP contribution is 2.46. The first-order chi connectivity index (χ1) is 8.06. The van der Waals surface area contributed by atoms with Crippen molar-refractivity contribution in [3.05, 3.63) is 0 Å². The van der Waals surface area contributed by atoms with Gasteiger partial charge in [-0.2, -0.15) is 0 Å². The molecule has 0 spiro atoms. The van der Waals surface area contributed by atoms with Crippen molar-refractivity contribution in [1.82, 2.24) is 10.6 Å². The topological polar surface area (TPSA) is 84.2 Å². The fraction of sp³-hybridized carbons (Fsp3) is 0.727. The molecule has 0 aromatic carbocycles. The molecule has 2 aliphatic carbocycles. The zero-order chi connectivity index (χ0) is 12.5. The van der Waals surface area contributed by atoms with Crippen LogP contribution in [0.5, 0.6) is 0 Å². The molecule has 2 fully saturated rings. The molecule has 2 saturated carbocycles.